The zero-order valence-corrected chi connectivity index (χ0v) is 17.5. The number of pyridine rings is 1. The van der Waals surface area contributed by atoms with Crippen LogP contribution in [0, 0.1) is 0 Å². The number of aromatic nitrogens is 3. The molecule has 1 aliphatic heterocycles. The van der Waals surface area contributed by atoms with Crippen LogP contribution in [0.1, 0.15) is 6.42 Å². The lowest BCUT2D eigenvalue weighted by Gasteiger charge is -2.26. The first-order chi connectivity index (χ1) is 14.8. The molecule has 0 bridgehead atoms. The van der Waals surface area contributed by atoms with Crippen molar-refractivity contribution in [1.82, 2.24) is 19.9 Å². The van der Waals surface area contributed by atoms with Crippen molar-refractivity contribution in [2.24, 2.45) is 0 Å². The van der Waals surface area contributed by atoms with Gasteiger partial charge in [0.2, 0.25) is 5.95 Å². The van der Waals surface area contributed by atoms with Crippen molar-refractivity contribution in [3.63, 3.8) is 0 Å². The Balaban J connectivity index is 1.41. The SMILES string of the molecule is Clc1cccc(Nc2nccc(-c3cccnc3NCCCN3CCOCC3)n2)c1. The third-order valence-corrected chi connectivity index (χ3v) is 5.10. The molecule has 3 aromatic rings. The van der Waals surface area contributed by atoms with Crippen LogP contribution >= 0.6 is 11.6 Å². The Morgan fingerprint density at radius 1 is 1.03 bits per heavy atom. The third kappa shape index (κ3) is 5.66. The fourth-order valence-electron chi connectivity index (χ4n) is 3.35. The molecule has 4 rings (SSSR count). The largest absolute Gasteiger partial charge is 0.379 e. The number of hydrogen-bond acceptors (Lipinski definition) is 7. The Hall–Kier alpha value is -2.74. The first-order valence-corrected chi connectivity index (χ1v) is 10.5. The summed E-state index contributed by atoms with van der Waals surface area (Å²) in [6, 6.07) is 13.3. The van der Waals surface area contributed by atoms with Gasteiger partial charge in [-0.1, -0.05) is 17.7 Å². The average molecular weight is 425 g/mol. The smallest absolute Gasteiger partial charge is 0.227 e. The summed E-state index contributed by atoms with van der Waals surface area (Å²) in [4.78, 5) is 15.9. The van der Waals surface area contributed by atoms with E-state index in [2.05, 4.69) is 30.5 Å². The molecule has 30 heavy (non-hydrogen) atoms. The second kappa shape index (κ2) is 10.3. The molecule has 0 spiro atoms. The predicted octanol–water partition coefficient (Wildman–Crippen LogP) is 4.07. The third-order valence-electron chi connectivity index (χ3n) is 4.87. The summed E-state index contributed by atoms with van der Waals surface area (Å²) < 4.78 is 5.40. The molecule has 7 nitrogen and oxygen atoms in total. The number of rotatable bonds is 8. The van der Waals surface area contributed by atoms with E-state index in [1.807, 2.05) is 42.5 Å². The standard InChI is InChI=1S/C22H25ClN6O/c23-17-4-1-5-18(16-17)27-22-26-10-7-20(28-22)19-6-2-8-24-21(19)25-9-3-11-29-12-14-30-15-13-29/h1-2,4-8,10,16H,3,9,11-15H2,(H,24,25)(H,26,27,28). The van der Waals surface area contributed by atoms with Gasteiger partial charge in [0.05, 0.1) is 18.9 Å². The summed E-state index contributed by atoms with van der Waals surface area (Å²) in [5, 5.41) is 7.32. The molecule has 0 unspecified atom stereocenters. The summed E-state index contributed by atoms with van der Waals surface area (Å²) in [5.41, 5.74) is 2.59. The topological polar surface area (TPSA) is 75.2 Å². The van der Waals surface area contributed by atoms with E-state index in [1.165, 1.54) is 0 Å². The number of halogens is 1. The number of ether oxygens (including phenoxy) is 1. The summed E-state index contributed by atoms with van der Waals surface area (Å²) in [7, 11) is 0. The maximum Gasteiger partial charge on any atom is 0.227 e. The molecule has 1 saturated heterocycles. The van der Waals surface area contributed by atoms with Crippen molar-refractivity contribution in [1.29, 1.82) is 0 Å². The Labute approximate surface area is 181 Å². The first-order valence-electron chi connectivity index (χ1n) is 10.1. The molecule has 156 valence electrons. The highest BCUT2D eigenvalue weighted by atomic mass is 35.5. The van der Waals surface area contributed by atoms with Crippen LogP contribution in [0.3, 0.4) is 0 Å². The van der Waals surface area contributed by atoms with Crippen molar-refractivity contribution in [3.05, 3.63) is 59.9 Å². The zero-order chi connectivity index (χ0) is 20.6. The summed E-state index contributed by atoms with van der Waals surface area (Å²) in [6.45, 7) is 5.59. The average Bonchev–Trinajstić information content (AvgIpc) is 2.78. The van der Waals surface area contributed by atoms with E-state index in [0.717, 1.165) is 68.6 Å². The molecule has 1 aliphatic rings. The van der Waals surface area contributed by atoms with Crippen LogP contribution in [0.25, 0.3) is 11.3 Å². The van der Waals surface area contributed by atoms with Gasteiger partial charge in [-0.25, -0.2) is 15.0 Å². The molecule has 2 aromatic heterocycles. The Morgan fingerprint density at radius 3 is 2.80 bits per heavy atom. The summed E-state index contributed by atoms with van der Waals surface area (Å²) >= 11 is 6.06. The quantitative estimate of drug-likeness (QED) is 0.528. The molecule has 3 heterocycles. The van der Waals surface area contributed by atoms with Crippen LogP contribution in [0.2, 0.25) is 5.02 Å². The summed E-state index contributed by atoms with van der Waals surface area (Å²) in [6.07, 6.45) is 4.58. The molecule has 0 radical (unpaired) electrons. The predicted molar refractivity (Wildman–Crippen MR) is 120 cm³/mol. The number of anilines is 3. The van der Waals surface area contributed by atoms with E-state index >= 15 is 0 Å². The lowest BCUT2D eigenvalue weighted by Crippen LogP contribution is -2.37. The number of morpholine rings is 1. The van der Waals surface area contributed by atoms with Crippen LogP contribution in [-0.2, 0) is 4.74 Å². The minimum Gasteiger partial charge on any atom is -0.379 e. The highest BCUT2D eigenvalue weighted by molar-refractivity contribution is 6.30. The minimum atomic E-state index is 0.511. The van der Waals surface area contributed by atoms with E-state index in [4.69, 9.17) is 16.3 Å². The fraction of sp³-hybridized carbons (Fsp3) is 0.318. The van der Waals surface area contributed by atoms with Gasteiger partial charge in [-0.15, -0.1) is 0 Å². The normalized spacial score (nSPS) is 14.4. The molecule has 8 heteroatoms. The fourth-order valence-corrected chi connectivity index (χ4v) is 3.54. The van der Waals surface area contributed by atoms with E-state index in [0.29, 0.717) is 11.0 Å². The van der Waals surface area contributed by atoms with E-state index in [1.54, 1.807) is 12.4 Å². The van der Waals surface area contributed by atoms with Crippen molar-refractivity contribution >= 4 is 29.1 Å². The second-order valence-corrected chi connectivity index (χ2v) is 7.47. The van der Waals surface area contributed by atoms with Crippen LogP contribution in [0.15, 0.2) is 54.9 Å². The molecular formula is C22H25ClN6O. The maximum atomic E-state index is 6.06. The number of nitrogens with zero attached hydrogens (tertiary/aromatic N) is 4. The number of benzene rings is 1. The first kappa shape index (κ1) is 20.5. The van der Waals surface area contributed by atoms with Gasteiger partial charge in [-0.2, -0.15) is 0 Å². The van der Waals surface area contributed by atoms with E-state index in [-0.39, 0.29) is 0 Å². The van der Waals surface area contributed by atoms with Gasteiger partial charge in [-0.3, -0.25) is 4.90 Å². The molecule has 2 N–H and O–H groups in total. The molecule has 0 amide bonds. The zero-order valence-electron chi connectivity index (χ0n) is 16.7. The van der Waals surface area contributed by atoms with Gasteiger partial charge in [0.15, 0.2) is 0 Å². The van der Waals surface area contributed by atoms with E-state index < -0.39 is 0 Å². The molecular weight excluding hydrogens is 400 g/mol. The summed E-state index contributed by atoms with van der Waals surface area (Å²) in [5.74, 6) is 1.34. The lowest BCUT2D eigenvalue weighted by molar-refractivity contribution is 0.0378. The van der Waals surface area contributed by atoms with Crippen molar-refractivity contribution in [2.75, 3.05) is 50.0 Å². The second-order valence-electron chi connectivity index (χ2n) is 7.03. The highest BCUT2D eigenvalue weighted by Gasteiger charge is 2.11. The van der Waals surface area contributed by atoms with Crippen LogP contribution in [-0.4, -0.2) is 59.2 Å². The van der Waals surface area contributed by atoms with Gasteiger partial charge in [0, 0.05) is 48.3 Å². The molecule has 0 aliphatic carbocycles. The molecule has 0 saturated carbocycles. The Morgan fingerprint density at radius 2 is 1.93 bits per heavy atom. The number of hydrogen-bond donors (Lipinski definition) is 2. The van der Waals surface area contributed by atoms with Gasteiger partial charge in [0.25, 0.3) is 0 Å². The van der Waals surface area contributed by atoms with Gasteiger partial charge >= 0.3 is 0 Å². The van der Waals surface area contributed by atoms with Crippen molar-refractivity contribution in [3.8, 4) is 11.3 Å². The van der Waals surface area contributed by atoms with Gasteiger partial charge in [0.1, 0.15) is 5.82 Å². The van der Waals surface area contributed by atoms with Crippen LogP contribution < -0.4 is 10.6 Å². The van der Waals surface area contributed by atoms with Crippen LogP contribution in [0.4, 0.5) is 17.5 Å². The number of nitrogens with one attached hydrogen (secondary N) is 2. The van der Waals surface area contributed by atoms with Crippen LogP contribution in [0.5, 0.6) is 0 Å². The van der Waals surface area contributed by atoms with E-state index in [9.17, 15) is 0 Å². The van der Waals surface area contributed by atoms with Gasteiger partial charge < -0.3 is 15.4 Å². The monoisotopic (exact) mass is 424 g/mol. The Bertz CT molecular complexity index is 964. The lowest BCUT2D eigenvalue weighted by atomic mass is 10.2. The minimum absolute atomic E-state index is 0.511. The van der Waals surface area contributed by atoms with Crippen molar-refractivity contribution in [2.45, 2.75) is 6.42 Å². The maximum absolute atomic E-state index is 6.06. The highest BCUT2D eigenvalue weighted by Crippen LogP contribution is 2.25. The molecule has 1 aromatic carbocycles. The van der Waals surface area contributed by atoms with Gasteiger partial charge in [-0.05, 0) is 49.4 Å². The molecule has 1 fully saturated rings. The van der Waals surface area contributed by atoms with Crippen molar-refractivity contribution < 1.29 is 4.74 Å². The Kier molecular flexibility index (Phi) is 7.07. The molecule has 0 atom stereocenters.